The third-order valence-electron chi connectivity index (χ3n) is 3.75. The van der Waals surface area contributed by atoms with Crippen molar-refractivity contribution in [3.05, 3.63) is 59.7 Å². The highest BCUT2D eigenvalue weighted by Crippen LogP contribution is 2.19. The van der Waals surface area contributed by atoms with Gasteiger partial charge in [0.05, 0.1) is 6.10 Å². The highest BCUT2D eigenvalue weighted by Gasteiger charge is 2.15. The molecule has 0 saturated carbocycles. The first-order chi connectivity index (χ1) is 10.6. The molecule has 2 unspecified atom stereocenters. The van der Waals surface area contributed by atoms with Crippen LogP contribution in [0.5, 0.6) is 11.5 Å². The number of hydrogen-bond acceptors (Lipinski definition) is 4. The topological polar surface area (TPSA) is 72.7 Å². The summed E-state index contributed by atoms with van der Waals surface area (Å²) in [5.41, 5.74) is 1.97. The summed E-state index contributed by atoms with van der Waals surface area (Å²) in [4.78, 5) is 0. The minimum Gasteiger partial charge on any atom is -0.508 e. The smallest absolute Gasteiger partial charge is 0.115 e. The molecule has 0 aromatic heterocycles. The zero-order chi connectivity index (χ0) is 15.9. The zero-order valence-electron chi connectivity index (χ0n) is 12.7. The van der Waals surface area contributed by atoms with Crippen LogP contribution < -0.4 is 5.32 Å². The summed E-state index contributed by atoms with van der Waals surface area (Å²) in [5, 5.41) is 32.1. The fraction of sp³-hybridized carbons (Fsp3) is 0.333. The van der Waals surface area contributed by atoms with Gasteiger partial charge in [0, 0.05) is 6.04 Å². The lowest BCUT2D eigenvalue weighted by Crippen LogP contribution is -2.33. The van der Waals surface area contributed by atoms with E-state index < -0.39 is 6.10 Å². The van der Waals surface area contributed by atoms with Crippen LogP contribution >= 0.6 is 0 Å². The number of aryl methyl sites for hydroxylation is 1. The number of benzene rings is 2. The van der Waals surface area contributed by atoms with Crippen LogP contribution in [0.2, 0.25) is 0 Å². The maximum Gasteiger partial charge on any atom is 0.115 e. The van der Waals surface area contributed by atoms with Gasteiger partial charge in [-0.1, -0.05) is 24.3 Å². The van der Waals surface area contributed by atoms with Crippen molar-refractivity contribution in [1.82, 2.24) is 5.32 Å². The molecule has 22 heavy (non-hydrogen) atoms. The van der Waals surface area contributed by atoms with Crippen molar-refractivity contribution >= 4 is 0 Å². The van der Waals surface area contributed by atoms with E-state index in [1.54, 1.807) is 36.4 Å². The van der Waals surface area contributed by atoms with Crippen molar-refractivity contribution in [3.8, 4) is 11.5 Å². The molecule has 0 bridgehead atoms. The van der Waals surface area contributed by atoms with Crippen LogP contribution in [0.4, 0.5) is 0 Å². The van der Waals surface area contributed by atoms with Crippen molar-refractivity contribution in [3.63, 3.8) is 0 Å². The molecule has 0 radical (unpaired) electrons. The van der Waals surface area contributed by atoms with Crippen LogP contribution in [0.15, 0.2) is 48.5 Å². The second-order valence-corrected chi connectivity index (χ2v) is 5.55. The van der Waals surface area contributed by atoms with Gasteiger partial charge in [-0.25, -0.2) is 0 Å². The molecule has 118 valence electrons. The number of nitrogens with one attached hydrogen (secondary N) is 1. The molecule has 0 aliphatic carbocycles. The average Bonchev–Trinajstić information content (AvgIpc) is 2.53. The molecule has 4 N–H and O–H groups in total. The molecule has 4 nitrogen and oxygen atoms in total. The summed E-state index contributed by atoms with van der Waals surface area (Å²) in [6.07, 6.45) is 1.28. The van der Waals surface area contributed by atoms with E-state index in [-0.39, 0.29) is 17.5 Å². The van der Waals surface area contributed by atoms with Crippen LogP contribution in [0.3, 0.4) is 0 Å². The van der Waals surface area contributed by atoms with E-state index in [0.717, 1.165) is 24.9 Å². The summed E-state index contributed by atoms with van der Waals surface area (Å²) >= 11 is 0. The largest absolute Gasteiger partial charge is 0.508 e. The molecular weight excluding hydrogens is 278 g/mol. The normalized spacial score (nSPS) is 13.7. The molecule has 0 fully saturated rings. The second kappa shape index (κ2) is 7.82. The Balaban J connectivity index is 1.74. The van der Waals surface area contributed by atoms with Crippen molar-refractivity contribution in [2.75, 3.05) is 6.54 Å². The maximum absolute atomic E-state index is 10.3. The van der Waals surface area contributed by atoms with Crippen molar-refractivity contribution in [2.24, 2.45) is 0 Å². The summed E-state index contributed by atoms with van der Waals surface area (Å²) in [6.45, 7) is 2.75. The molecule has 0 amide bonds. The molecule has 0 heterocycles. The monoisotopic (exact) mass is 301 g/mol. The average molecular weight is 301 g/mol. The van der Waals surface area contributed by atoms with Gasteiger partial charge in [-0.2, -0.15) is 0 Å². The first-order valence-corrected chi connectivity index (χ1v) is 7.54. The zero-order valence-corrected chi connectivity index (χ0v) is 12.7. The molecule has 0 aliphatic heterocycles. The van der Waals surface area contributed by atoms with E-state index in [0.29, 0.717) is 0 Å². The lowest BCUT2D eigenvalue weighted by Gasteiger charge is -2.20. The number of hydrogen-bond donors (Lipinski definition) is 4. The van der Waals surface area contributed by atoms with Gasteiger partial charge in [0.15, 0.2) is 0 Å². The van der Waals surface area contributed by atoms with Crippen molar-refractivity contribution < 1.29 is 15.3 Å². The number of aromatic hydroxyl groups is 2. The summed E-state index contributed by atoms with van der Waals surface area (Å²) in [7, 11) is 0. The Morgan fingerprint density at radius 2 is 1.45 bits per heavy atom. The molecule has 2 aromatic carbocycles. The third-order valence-corrected chi connectivity index (χ3v) is 3.75. The fourth-order valence-corrected chi connectivity index (χ4v) is 2.36. The van der Waals surface area contributed by atoms with E-state index >= 15 is 0 Å². The van der Waals surface area contributed by atoms with Gasteiger partial charge >= 0.3 is 0 Å². The molecule has 2 aromatic rings. The predicted octanol–water partition coefficient (Wildman–Crippen LogP) is 2.74. The number of rotatable bonds is 7. The van der Waals surface area contributed by atoms with Crippen LogP contribution in [0, 0.1) is 0 Å². The SMILES string of the molecule is CC(NCCCc1ccc(O)cc1)C(O)c1ccc(O)cc1. The number of phenolic OH excluding ortho intramolecular Hbond substituents is 2. The molecule has 2 rings (SSSR count). The molecule has 0 spiro atoms. The first-order valence-electron chi connectivity index (χ1n) is 7.54. The Morgan fingerprint density at radius 1 is 0.909 bits per heavy atom. The van der Waals surface area contributed by atoms with Gasteiger partial charge < -0.3 is 20.6 Å². The number of phenols is 2. The Hall–Kier alpha value is -2.04. The van der Waals surface area contributed by atoms with Crippen LogP contribution in [0.25, 0.3) is 0 Å². The van der Waals surface area contributed by atoms with Crippen LogP contribution in [-0.4, -0.2) is 27.9 Å². The van der Waals surface area contributed by atoms with E-state index in [1.165, 1.54) is 5.56 Å². The predicted molar refractivity (Wildman–Crippen MR) is 87.0 cm³/mol. The second-order valence-electron chi connectivity index (χ2n) is 5.55. The van der Waals surface area contributed by atoms with Gasteiger partial charge in [0.1, 0.15) is 11.5 Å². The summed E-state index contributed by atoms with van der Waals surface area (Å²) < 4.78 is 0. The molecule has 0 saturated heterocycles. The van der Waals surface area contributed by atoms with Gasteiger partial charge in [0.2, 0.25) is 0 Å². The maximum atomic E-state index is 10.3. The Kier molecular flexibility index (Phi) is 5.81. The van der Waals surface area contributed by atoms with E-state index in [2.05, 4.69) is 5.32 Å². The van der Waals surface area contributed by atoms with Crippen molar-refractivity contribution in [1.29, 1.82) is 0 Å². The lowest BCUT2D eigenvalue weighted by molar-refractivity contribution is 0.136. The standard InChI is InChI=1S/C18H23NO3/c1-13(18(22)15-6-10-17(21)11-7-15)19-12-2-3-14-4-8-16(20)9-5-14/h4-11,13,18-22H,2-3,12H2,1H3. The molecular formula is C18H23NO3. The van der Waals surface area contributed by atoms with Crippen LogP contribution in [-0.2, 0) is 6.42 Å². The van der Waals surface area contributed by atoms with Gasteiger partial charge in [-0.05, 0) is 61.7 Å². The van der Waals surface area contributed by atoms with Gasteiger partial charge in [-0.15, -0.1) is 0 Å². The minimum atomic E-state index is -0.603. The Morgan fingerprint density at radius 3 is 2.05 bits per heavy atom. The van der Waals surface area contributed by atoms with E-state index in [1.807, 2.05) is 19.1 Å². The van der Waals surface area contributed by atoms with Gasteiger partial charge in [-0.3, -0.25) is 0 Å². The van der Waals surface area contributed by atoms with E-state index in [9.17, 15) is 15.3 Å². The highest BCUT2D eigenvalue weighted by molar-refractivity contribution is 5.28. The Labute approximate surface area is 131 Å². The number of aliphatic hydroxyl groups excluding tert-OH is 1. The minimum absolute atomic E-state index is 0.0654. The van der Waals surface area contributed by atoms with Crippen LogP contribution in [0.1, 0.15) is 30.6 Å². The lowest BCUT2D eigenvalue weighted by atomic mass is 10.0. The molecule has 0 aliphatic rings. The van der Waals surface area contributed by atoms with Gasteiger partial charge in [0.25, 0.3) is 0 Å². The quantitative estimate of drug-likeness (QED) is 0.593. The third kappa shape index (κ3) is 4.76. The molecule has 2 atom stereocenters. The highest BCUT2D eigenvalue weighted by atomic mass is 16.3. The number of aliphatic hydroxyl groups is 1. The first kappa shape index (κ1) is 16.3. The summed E-state index contributed by atoms with van der Waals surface area (Å²) in [5.74, 6) is 0.484. The summed E-state index contributed by atoms with van der Waals surface area (Å²) in [6, 6.07) is 13.8. The molecule has 4 heteroatoms. The fourth-order valence-electron chi connectivity index (χ4n) is 2.36. The van der Waals surface area contributed by atoms with Crippen molar-refractivity contribution in [2.45, 2.75) is 31.9 Å². The Bertz CT molecular complexity index is 566. The van der Waals surface area contributed by atoms with E-state index in [4.69, 9.17) is 0 Å².